The second kappa shape index (κ2) is 7.48. The lowest BCUT2D eigenvalue weighted by Gasteiger charge is -2.10. The molecule has 0 radical (unpaired) electrons. The number of nitrogens with two attached hydrogens (primary N) is 1. The molecule has 1 amide bonds. The first-order chi connectivity index (χ1) is 12.5. The first-order valence-electron chi connectivity index (χ1n) is 7.61. The number of rotatable bonds is 6. The van der Waals surface area contributed by atoms with Crippen molar-refractivity contribution >= 4 is 40.5 Å². The van der Waals surface area contributed by atoms with E-state index in [1.165, 1.54) is 18.9 Å². The molecule has 0 aliphatic carbocycles. The SMILES string of the molecule is COc1ccc(NC(=O)CSc2nc(N)nc3ncn(C)c23)cc1OC. The zero-order chi connectivity index (χ0) is 18.7. The summed E-state index contributed by atoms with van der Waals surface area (Å²) in [5.41, 5.74) is 7.57. The van der Waals surface area contributed by atoms with E-state index in [1.807, 2.05) is 7.05 Å². The number of nitrogens with zero attached hydrogens (tertiary/aromatic N) is 4. The molecule has 3 N–H and O–H groups in total. The van der Waals surface area contributed by atoms with Crippen LogP contribution in [0.4, 0.5) is 11.6 Å². The molecule has 3 aromatic rings. The predicted molar refractivity (Wildman–Crippen MR) is 99.6 cm³/mol. The van der Waals surface area contributed by atoms with Gasteiger partial charge in [-0.15, -0.1) is 0 Å². The zero-order valence-electron chi connectivity index (χ0n) is 14.5. The van der Waals surface area contributed by atoms with Crippen LogP contribution < -0.4 is 20.5 Å². The number of methoxy groups -OCH3 is 2. The van der Waals surface area contributed by atoms with Crippen LogP contribution in [0, 0.1) is 0 Å². The second-order valence-corrected chi connectivity index (χ2v) is 6.29. The number of benzene rings is 1. The first kappa shape index (κ1) is 17.8. The highest BCUT2D eigenvalue weighted by Crippen LogP contribution is 2.30. The molecule has 10 heteroatoms. The van der Waals surface area contributed by atoms with Gasteiger partial charge in [0.2, 0.25) is 11.9 Å². The fourth-order valence-electron chi connectivity index (χ4n) is 2.38. The fraction of sp³-hybridized carbons (Fsp3) is 0.250. The summed E-state index contributed by atoms with van der Waals surface area (Å²) in [5, 5.41) is 3.42. The highest BCUT2D eigenvalue weighted by Gasteiger charge is 2.14. The van der Waals surface area contributed by atoms with Crippen LogP contribution in [0.2, 0.25) is 0 Å². The summed E-state index contributed by atoms with van der Waals surface area (Å²) in [6, 6.07) is 5.17. The Labute approximate surface area is 153 Å². The largest absolute Gasteiger partial charge is 0.493 e. The predicted octanol–water partition coefficient (Wildman–Crippen LogP) is 1.69. The molecule has 2 heterocycles. The first-order valence-corrected chi connectivity index (χ1v) is 8.59. The molecule has 0 aliphatic heterocycles. The number of nitrogen functional groups attached to an aromatic ring is 1. The topological polar surface area (TPSA) is 117 Å². The number of aromatic nitrogens is 4. The average molecular weight is 374 g/mol. The highest BCUT2D eigenvalue weighted by atomic mass is 32.2. The molecule has 0 atom stereocenters. The Kier molecular flexibility index (Phi) is 5.12. The minimum atomic E-state index is -0.185. The number of hydrogen-bond donors (Lipinski definition) is 2. The van der Waals surface area contributed by atoms with E-state index in [0.29, 0.717) is 27.9 Å². The third kappa shape index (κ3) is 3.64. The minimum Gasteiger partial charge on any atom is -0.493 e. The monoisotopic (exact) mass is 374 g/mol. The van der Waals surface area contributed by atoms with Gasteiger partial charge in [-0.25, -0.2) is 9.97 Å². The Morgan fingerprint density at radius 1 is 1.27 bits per heavy atom. The lowest BCUT2D eigenvalue weighted by Crippen LogP contribution is -2.14. The van der Waals surface area contributed by atoms with Crippen molar-refractivity contribution in [2.24, 2.45) is 7.05 Å². The summed E-state index contributed by atoms with van der Waals surface area (Å²) in [4.78, 5) is 24.7. The number of carbonyl (C=O) groups is 1. The minimum absolute atomic E-state index is 0.124. The number of fused-ring (bicyclic) bond motifs is 1. The van der Waals surface area contributed by atoms with Crippen LogP contribution in [0.5, 0.6) is 11.5 Å². The fourth-order valence-corrected chi connectivity index (χ4v) is 3.25. The molecule has 0 unspecified atom stereocenters. The Bertz CT molecular complexity index is 959. The van der Waals surface area contributed by atoms with E-state index in [9.17, 15) is 4.79 Å². The average Bonchev–Trinajstić information content (AvgIpc) is 3.00. The maximum Gasteiger partial charge on any atom is 0.234 e. The van der Waals surface area contributed by atoms with E-state index in [4.69, 9.17) is 15.2 Å². The molecule has 9 nitrogen and oxygen atoms in total. The van der Waals surface area contributed by atoms with E-state index < -0.39 is 0 Å². The number of thioether (sulfide) groups is 1. The van der Waals surface area contributed by atoms with E-state index in [-0.39, 0.29) is 17.6 Å². The van der Waals surface area contributed by atoms with Gasteiger partial charge in [-0.05, 0) is 12.1 Å². The summed E-state index contributed by atoms with van der Waals surface area (Å²) >= 11 is 1.27. The van der Waals surface area contributed by atoms with Gasteiger partial charge in [-0.3, -0.25) is 4.79 Å². The molecular weight excluding hydrogens is 356 g/mol. The molecule has 26 heavy (non-hydrogen) atoms. The van der Waals surface area contributed by atoms with Gasteiger partial charge in [0.15, 0.2) is 17.1 Å². The summed E-state index contributed by atoms with van der Waals surface area (Å²) < 4.78 is 12.2. The molecular formula is C16H18N6O3S. The molecule has 0 bridgehead atoms. The standard InChI is InChI=1S/C16H18N6O3S/c1-22-8-18-14-13(22)15(21-16(17)20-14)26-7-12(23)19-9-4-5-10(24-2)11(6-9)25-3/h4-6,8H,7H2,1-3H3,(H,19,23)(H2,17,20,21). The van der Waals surface area contributed by atoms with Crippen molar-refractivity contribution in [2.75, 3.05) is 31.0 Å². The van der Waals surface area contributed by atoms with Crippen molar-refractivity contribution in [1.82, 2.24) is 19.5 Å². The number of hydrogen-bond acceptors (Lipinski definition) is 8. The van der Waals surface area contributed by atoms with Gasteiger partial charge in [0.05, 0.1) is 26.3 Å². The van der Waals surface area contributed by atoms with Crippen LogP contribution >= 0.6 is 11.8 Å². The van der Waals surface area contributed by atoms with Gasteiger partial charge in [0, 0.05) is 18.8 Å². The summed E-state index contributed by atoms with van der Waals surface area (Å²) in [6.07, 6.45) is 1.63. The molecule has 1 aromatic carbocycles. The van der Waals surface area contributed by atoms with Crippen molar-refractivity contribution in [1.29, 1.82) is 0 Å². The van der Waals surface area contributed by atoms with Crippen molar-refractivity contribution in [3.8, 4) is 11.5 Å². The van der Waals surface area contributed by atoms with Crippen LogP contribution in [-0.4, -0.2) is 45.4 Å². The van der Waals surface area contributed by atoms with E-state index >= 15 is 0 Å². The quantitative estimate of drug-likeness (QED) is 0.494. The van der Waals surface area contributed by atoms with Gasteiger partial charge in [-0.2, -0.15) is 4.98 Å². The van der Waals surface area contributed by atoms with Gasteiger partial charge in [0.25, 0.3) is 0 Å². The molecule has 0 saturated carbocycles. The zero-order valence-corrected chi connectivity index (χ0v) is 15.3. The van der Waals surface area contributed by atoms with E-state index in [0.717, 1.165) is 5.52 Å². The van der Waals surface area contributed by atoms with Gasteiger partial charge in [0.1, 0.15) is 10.5 Å². The maximum absolute atomic E-state index is 12.3. The number of anilines is 2. The number of aryl methyl sites for hydroxylation is 1. The highest BCUT2D eigenvalue weighted by molar-refractivity contribution is 8.00. The molecule has 0 fully saturated rings. The maximum atomic E-state index is 12.3. The van der Waals surface area contributed by atoms with Gasteiger partial charge < -0.3 is 25.1 Å². The Balaban J connectivity index is 1.71. The van der Waals surface area contributed by atoms with Crippen LogP contribution in [0.1, 0.15) is 0 Å². The second-order valence-electron chi connectivity index (χ2n) is 5.32. The van der Waals surface area contributed by atoms with Crippen molar-refractivity contribution in [2.45, 2.75) is 5.03 Å². The molecule has 3 rings (SSSR count). The summed E-state index contributed by atoms with van der Waals surface area (Å²) in [6.45, 7) is 0. The van der Waals surface area contributed by atoms with E-state index in [2.05, 4.69) is 20.3 Å². The van der Waals surface area contributed by atoms with Crippen LogP contribution in [0.3, 0.4) is 0 Å². The Morgan fingerprint density at radius 3 is 2.77 bits per heavy atom. The summed E-state index contributed by atoms with van der Waals surface area (Å²) in [7, 11) is 4.93. The number of imidazole rings is 1. The molecule has 136 valence electrons. The van der Waals surface area contributed by atoms with Gasteiger partial charge >= 0.3 is 0 Å². The number of amides is 1. The third-order valence-corrected chi connectivity index (χ3v) is 4.53. The molecule has 2 aromatic heterocycles. The Hall–Kier alpha value is -3.01. The van der Waals surface area contributed by atoms with E-state index in [1.54, 1.807) is 36.2 Å². The van der Waals surface area contributed by atoms with Crippen molar-refractivity contribution in [3.63, 3.8) is 0 Å². The number of carbonyl (C=O) groups excluding carboxylic acids is 1. The molecule has 0 saturated heterocycles. The lowest BCUT2D eigenvalue weighted by atomic mass is 10.2. The smallest absolute Gasteiger partial charge is 0.234 e. The van der Waals surface area contributed by atoms with Gasteiger partial charge in [-0.1, -0.05) is 11.8 Å². The van der Waals surface area contributed by atoms with Crippen molar-refractivity contribution < 1.29 is 14.3 Å². The van der Waals surface area contributed by atoms with Crippen LogP contribution in [0.15, 0.2) is 29.6 Å². The van der Waals surface area contributed by atoms with Crippen LogP contribution in [0.25, 0.3) is 11.2 Å². The van der Waals surface area contributed by atoms with Crippen LogP contribution in [-0.2, 0) is 11.8 Å². The summed E-state index contributed by atoms with van der Waals surface area (Å²) in [5.74, 6) is 1.23. The third-order valence-electron chi connectivity index (χ3n) is 3.56. The normalized spacial score (nSPS) is 10.7. The lowest BCUT2D eigenvalue weighted by molar-refractivity contribution is -0.113. The number of ether oxygens (including phenoxy) is 2. The molecule has 0 spiro atoms. The van der Waals surface area contributed by atoms with Crippen molar-refractivity contribution in [3.05, 3.63) is 24.5 Å². The number of nitrogens with one attached hydrogen (secondary N) is 1. The Morgan fingerprint density at radius 2 is 2.04 bits per heavy atom. The molecule has 0 aliphatic rings.